The monoisotopic (exact) mass is 394 g/mol. The van der Waals surface area contributed by atoms with Crippen LogP contribution >= 0.6 is 0 Å². The fourth-order valence-electron chi connectivity index (χ4n) is 4.13. The molecular weight excluding hydrogens is 368 g/mol. The molecule has 0 bridgehead atoms. The van der Waals surface area contributed by atoms with Gasteiger partial charge in [0.05, 0.1) is 12.5 Å². The Morgan fingerprint density at radius 2 is 1.52 bits per heavy atom. The molecule has 0 aliphatic heterocycles. The van der Waals surface area contributed by atoms with Crippen LogP contribution in [0.4, 0.5) is 0 Å². The molecular formula is C23H26N2O4. The van der Waals surface area contributed by atoms with E-state index >= 15 is 0 Å². The van der Waals surface area contributed by atoms with Gasteiger partial charge < -0.3 is 16.2 Å². The van der Waals surface area contributed by atoms with E-state index in [9.17, 15) is 14.4 Å². The summed E-state index contributed by atoms with van der Waals surface area (Å²) < 4.78 is 5.24. The molecule has 6 nitrogen and oxygen atoms in total. The Labute approximate surface area is 170 Å². The molecule has 1 unspecified atom stereocenters. The van der Waals surface area contributed by atoms with Crippen molar-refractivity contribution in [2.75, 3.05) is 0 Å². The van der Waals surface area contributed by atoms with E-state index in [1.54, 1.807) is 0 Å². The first-order valence-electron chi connectivity index (χ1n) is 9.80. The van der Waals surface area contributed by atoms with E-state index < -0.39 is 29.8 Å². The van der Waals surface area contributed by atoms with Gasteiger partial charge in [0.25, 0.3) is 0 Å². The molecule has 1 fully saturated rings. The van der Waals surface area contributed by atoms with Crippen LogP contribution in [0.15, 0.2) is 60.7 Å². The smallest absolute Gasteiger partial charge is 0.308 e. The molecule has 3 rings (SSSR count). The minimum atomic E-state index is -0.971. The number of primary amides is 1. The van der Waals surface area contributed by atoms with Crippen LogP contribution in [0.25, 0.3) is 0 Å². The fourth-order valence-corrected chi connectivity index (χ4v) is 4.13. The number of hydrogen-bond acceptors (Lipinski definition) is 5. The van der Waals surface area contributed by atoms with Gasteiger partial charge >= 0.3 is 5.97 Å². The zero-order valence-corrected chi connectivity index (χ0v) is 16.2. The number of benzene rings is 2. The second-order valence-corrected chi connectivity index (χ2v) is 7.49. The lowest BCUT2D eigenvalue weighted by molar-refractivity contribution is -0.147. The van der Waals surface area contributed by atoms with Crippen molar-refractivity contribution in [2.45, 2.75) is 37.8 Å². The maximum Gasteiger partial charge on any atom is 0.308 e. The summed E-state index contributed by atoms with van der Waals surface area (Å²) >= 11 is 0. The Morgan fingerprint density at radius 3 is 2.14 bits per heavy atom. The highest BCUT2D eigenvalue weighted by Gasteiger charge is 2.44. The van der Waals surface area contributed by atoms with E-state index in [4.69, 9.17) is 16.2 Å². The Morgan fingerprint density at radius 1 is 0.931 bits per heavy atom. The number of amides is 1. The molecule has 1 aliphatic rings. The molecule has 0 radical (unpaired) electrons. The van der Waals surface area contributed by atoms with E-state index in [0.717, 1.165) is 11.1 Å². The Balaban J connectivity index is 1.64. The van der Waals surface area contributed by atoms with Crippen LogP contribution in [0.2, 0.25) is 0 Å². The fraction of sp³-hybridized carbons (Fsp3) is 0.348. The van der Waals surface area contributed by atoms with E-state index in [0.29, 0.717) is 12.8 Å². The molecule has 6 heteroatoms. The van der Waals surface area contributed by atoms with Gasteiger partial charge in [-0.2, -0.15) is 0 Å². The lowest BCUT2D eigenvalue weighted by atomic mass is 9.79. The zero-order valence-electron chi connectivity index (χ0n) is 16.2. The highest BCUT2D eigenvalue weighted by molar-refractivity contribution is 5.92. The normalized spacial score (nSPS) is 22.0. The van der Waals surface area contributed by atoms with Crippen molar-refractivity contribution in [1.82, 2.24) is 0 Å². The van der Waals surface area contributed by atoms with E-state index in [1.807, 2.05) is 60.7 Å². The van der Waals surface area contributed by atoms with Gasteiger partial charge in [0.2, 0.25) is 5.91 Å². The summed E-state index contributed by atoms with van der Waals surface area (Å²) in [6.45, 7) is 0.139. The summed E-state index contributed by atoms with van der Waals surface area (Å²) in [4.78, 5) is 37.1. The van der Waals surface area contributed by atoms with Crippen molar-refractivity contribution in [3.8, 4) is 0 Å². The third kappa shape index (κ3) is 5.09. The van der Waals surface area contributed by atoms with E-state index in [2.05, 4.69) is 0 Å². The number of ether oxygens (including phenoxy) is 1. The summed E-state index contributed by atoms with van der Waals surface area (Å²) in [5, 5.41) is 0. The lowest BCUT2D eigenvalue weighted by Crippen LogP contribution is -2.40. The average molecular weight is 394 g/mol. The van der Waals surface area contributed by atoms with Crippen LogP contribution in [-0.2, 0) is 25.7 Å². The number of carbonyl (C=O) groups excluding carboxylic acids is 3. The Kier molecular flexibility index (Phi) is 6.77. The van der Waals surface area contributed by atoms with Crippen LogP contribution in [0.3, 0.4) is 0 Å². The first-order valence-corrected chi connectivity index (χ1v) is 9.80. The van der Waals surface area contributed by atoms with Crippen LogP contribution < -0.4 is 11.5 Å². The first kappa shape index (κ1) is 20.7. The summed E-state index contributed by atoms with van der Waals surface area (Å²) in [6.07, 6.45) is 0.875. The van der Waals surface area contributed by atoms with Gasteiger partial charge in [-0.3, -0.25) is 14.4 Å². The van der Waals surface area contributed by atoms with Crippen LogP contribution in [0.1, 0.15) is 36.3 Å². The molecule has 4 N–H and O–H groups in total. The number of ketones is 1. The van der Waals surface area contributed by atoms with Crippen molar-refractivity contribution >= 4 is 17.7 Å². The molecule has 4 atom stereocenters. The Bertz CT molecular complexity index is 854. The molecule has 1 aliphatic carbocycles. The molecule has 0 heterocycles. The quantitative estimate of drug-likeness (QED) is 0.667. The maximum absolute atomic E-state index is 13.0. The molecule has 0 aromatic heterocycles. The van der Waals surface area contributed by atoms with Gasteiger partial charge in [-0.1, -0.05) is 60.7 Å². The molecule has 1 saturated carbocycles. The van der Waals surface area contributed by atoms with Crippen LogP contribution in [0.5, 0.6) is 0 Å². The SMILES string of the molecule is NC(=O)[C@@H]1CCC(C(=O)[C@@H](N)CC(=O)OCc2ccccc2)[C@H]1c1ccccc1. The van der Waals surface area contributed by atoms with Crippen molar-refractivity contribution < 1.29 is 19.1 Å². The van der Waals surface area contributed by atoms with Gasteiger partial charge in [-0.25, -0.2) is 0 Å². The van der Waals surface area contributed by atoms with Gasteiger partial charge in [-0.05, 0) is 24.0 Å². The molecule has 29 heavy (non-hydrogen) atoms. The molecule has 0 saturated heterocycles. The van der Waals surface area contributed by atoms with E-state index in [-0.39, 0.29) is 24.7 Å². The highest BCUT2D eigenvalue weighted by Crippen LogP contribution is 2.45. The topological polar surface area (TPSA) is 112 Å². The molecule has 1 amide bonds. The standard InChI is InChI=1S/C23H26N2O4/c24-19(13-20(26)29-14-15-7-3-1-4-8-15)22(27)17-11-12-18(23(25)28)21(17)16-9-5-2-6-10-16/h1-10,17-19,21H,11-14,24H2,(H2,25,28)/t17?,18-,19+,21-/m1/s1. The third-order valence-corrected chi connectivity index (χ3v) is 5.57. The second-order valence-electron chi connectivity index (χ2n) is 7.49. The van der Waals surface area contributed by atoms with Crippen LogP contribution in [0, 0.1) is 11.8 Å². The van der Waals surface area contributed by atoms with Crippen molar-refractivity contribution in [1.29, 1.82) is 0 Å². The number of rotatable bonds is 8. The predicted molar refractivity (Wildman–Crippen MR) is 108 cm³/mol. The van der Waals surface area contributed by atoms with Crippen molar-refractivity contribution in [2.24, 2.45) is 23.3 Å². The molecule has 0 spiro atoms. The summed E-state index contributed by atoms with van der Waals surface area (Å²) in [5.41, 5.74) is 13.4. The third-order valence-electron chi connectivity index (χ3n) is 5.57. The summed E-state index contributed by atoms with van der Waals surface area (Å²) in [7, 11) is 0. The predicted octanol–water partition coefficient (Wildman–Crippen LogP) is 2.31. The van der Waals surface area contributed by atoms with Gasteiger partial charge in [-0.15, -0.1) is 0 Å². The summed E-state index contributed by atoms with van der Waals surface area (Å²) in [6, 6.07) is 17.7. The minimum Gasteiger partial charge on any atom is -0.461 e. The van der Waals surface area contributed by atoms with Crippen molar-refractivity contribution in [3.63, 3.8) is 0 Å². The number of esters is 1. The first-order chi connectivity index (χ1) is 14.0. The number of hydrogen-bond donors (Lipinski definition) is 2. The lowest BCUT2D eigenvalue weighted by Gasteiger charge is -2.25. The maximum atomic E-state index is 13.0. The Hall–Kier alpha value is -2.99. The highest BCUT2D eigenvalue weighted by atomic mass is 16.5. The zero-order chi connectivity index (χ0) is 20.8. The number of carbonyl (C=O) groups is 3. The van der Waals surface area contributed by atoms with Crippen LogP contribution in [-0.4, -0.2) is 23.7 Å². The van der Waals surface area contributed by atoms with Crippen molar-refractivity contribution in [3.05, 3.63) is 71.8 Å². The molecule has 2 aromatic rings. The largest absolute Gasteiger partial charge is 0.461 e. The van der Waals surface area contributed by atoms with Gasteiger partial charge in [0.15, 0.2) is 5.78 Å². The molecule has 152 valence electrons. The average Bonchev–Trinajstić information content (AvgIpc) is 3.18. The minimum absolute atomic E-state index is 0.139. The molecule has 2 aromatic carbocycles. The number of Topliss-reactive ketones (excluding diaryl/α,β-unsaturated/α-hetero) is 1. The second kappa shape index (κ2) is 9.47. The summed E-state index contributed by atoms with van der Waals surface area (Å²) in [5.74, 6) is -2.32. The van der Waals surface area contributed by atoms with Gasteiger partial charge in [0, 0.05) is 17.8 Å². The van der Waals surface area contributed by atoms with E-state index in [1.165, 1.54) is 0 Å². The number of nitrogens with two attached hydrogens (primary N) is 2. The van der Waals surface area contributed by atoms with Gasteiger partial charge in [0.1, 0.15) is 6.61 Å².